The fraction of sp³-hybridized carbons (Fsp3) is 0. The van der Waals surface area contributed by atoms with Gasteiger partial charge in [-0.1, -0.05) is 6.07 Å². The summed E-state index contributed by atoms with van der Waals surface area (Å²) in [6.45, 7) is 0. The van der Waals surface area contributed by atoms with E-state index in [-0.39, 0.29) is 5.56 Å². The SMILES string of the molecule is O=c1ccc2c([nH]1)sc1c(-c3cccs3)ncnc12. The van der Waals surface area contributed by atoms with E-state index in [1.165, 1.54) is 17.4 Å². The molecule has 0 aliphatic heterocycles. The van der Waals surface area contributed by atoms with Crippen LogP contribution in [0.25, 0.3) is 31.0 Å². The summed E-state index contributed by atoms with van der Waals surface area (Å²) < 4.78 is 1.02. The smallest absolute Gasteiger partial charge is 0.249 e. The first-order chi connectivity index (χ1) is 9.33. The maximum atomic E-state index is 11.4. The van der Waals surface area contributed by atoms with Crippen molar-refractivity contribution in [3.63, 3.8) is 0 Å². The van der Waals surface area contributed by atoms with Crippen LogP contribution in [0.5, 0.6) is 0 Å². The van der Waals surface area contributed by atoms with Crippen LogP contribution in [0.4, 0.5) is 0 Å². The molecule has 0 aliphatic rings. The Bertz CT molecular complexity index is 937. The summed E-state index contributed by atoms with van der Waals surface area (Å²) in [5, 5.41) is 3.00. The minimum absolute atomic E-state index is 0.0929. The van der Waals surface area contributed by atoms with Crippen molar-refractivity contribution in [1.82, 2.24) is 15.0 Å². The van der Waals surface area contributed by atoms with Gasteiger partial charge in [0.1, 0.15) is 16.9 Å². The van der Waals surface area contributed by atoms with Gasteiger partial charge in [-0.05, 0) is 17.5 Å². The van der Waals surface area contributed by atoms with Crippen molar-refractivity contribution < 1.29 is 0 Å². The van der Waals surface area contributed by atoms with Crippen LogP contribution in [-0.2, 0) is 0 Å². The van der Waals surface area contributed by atoms with E-state index in [2.05, 4.69) is 15.0 Å². The van der Waals surface area contributed by atoms with Crippen molar-refractivity contribution in [2.45, 2.75) is 0 Å². The largest absolute Gasteiger partial charge is 0.314 e. The molecule has 0 saturated heterocycles. The summed E-state index contributed by atoms with van der Waals surface area (Å²) in [5.41, 5.74) is 1.74. The van der Waals surface area contributed by atoms with Gasteiger partial charge < -0.3 is 4.98 Å². The first kappa shape index (κ1) is 10.8. The number of fused-ring (bicyclic) bond motifs is 3. The predicted molar refractivity (Wildman–Crippen MR) is 78.9 cm³/mol. The summed E-state index contributed by atoms with van der Waals surface area (Å²) in [6.07, 6.45) is 1.58. The van der Waals surface area contributed by atoms with Gasteiger partial charge in [0.15, 0.2) is 0 Å². The number of nitrogens with zero attached hydrogens (tertiary/aromatic N) is 2. The van der Waals surface area contributed by atoms with Crippen LogP contribution in [0.15, 0.2) is 40.8 Å². The lowest BCUT2D eigenvalue weighted by Gasteiger charge is -1.97. The minimum atomic E-state index is -0.0929. The molecule has 1 N–H and O–H groups in total. The zero-order chi connectivity index (χ0) is 12.8. The number of aromatic amines is 1. The number of nitrogens with one attached hydrogen (secondary N) is 1. The van der Waals surface area contributed by atoms with Gasteiger partial charge in [0.25, 0.3) is 0 Å². The lowest BCUT2D eigenvalue weighted by atomic mass is 10.2. The molecule has 6 heteroatoms. The highest BCUT2D eigenvalue weighted by Crippen LogP contribution is 2.37. The molecule has 0 fully saturated rings. The number of aromatic nitrogens is 3. The van der Waals surface area contributed by atoms with Gasteiger partial charge in [0, 0.05) is 11.5 Å². The summed E-state index contributed by atoms with van der Waals surface area (Å²) in [6, 6.07) is 7.39. The summed E-state index contributed by atoms with van der Waals surface area (Å²) >= 11 is 3.18. The lowest BCUT2D eigenvalue weighted by molar-refractivity contribution is 1.24. The van der Waals surface area contributed by atoms with Crippen molar-refractivity contribution >= 4 is 43.1 Å². The minimum Gasteiger partial charge on any atom is -0.314 e. The zero-order valence-corrected chi connectivity index (χ0v) is 11.2. The number of thiophene rings is 2. The van der Waals surface area contributed by atoms with Crippen LogP contribution < -0.4 is 5.56 Å². The van der Waals surface area contributed by atoms with E-state index in [1.807, 2.05) is 23.6 Å². The highest BCUT2D eigenvalue weighted by atomic mass is 32.1. The third-order valence-electron chi connectivity index (χ3n) is 2.90. The van der Waals surface area contributed by atoms with Crippen LogP contribution in [0.2, 0.25) is 0 Å². The number of hydrogen-bond donors (Lipinski definition) is 1. The average Bonchev–Trinajstić information content (AvgIpc) is 3.04. The molecule has 4 nitrogen and oxygen atoms in total. The molecule has 4 heterocycles. The van der Waals surface area contributed by atoms with E-state index in [1.54, 1.807) is 17.7 Å². The highest BCUT2D eigenvalue weighted by Gasteiger charge is 2.13. The van der Waals surface area contributed by atoms with Crippen molar-refractivity contribution in [3.8, 4) is 10.6 Å². The van der Waals surface area contributed by atoms with Crippen molar-refractivity contribution in [1.29, 1.82) is 0 Å². The first-order valence-corrected chi connectivity index (χ1v) is 7.33. The first-order valence-electron chi connectivity index (χ1n) is 5.63. The molecular weight excluding hydrogens is 278 g/mol. The molecule has 0 radical (unpaired) electrons. The second-order valence-corrected chi connectivity index (χ2v) is 6.01. The summed E-state index contributed by atoms with van der Waals surface area (Å²) in [5.74, 6) is 0. The quantitative estimate of drug-likeness (QED) is 0.584. The van der Waals surface area contributed by atoms with E-state index < -0.39 is 0 Å². The Morgan fingerprint density at radius 2 is 2.11 bits per heavy atom. The summed E-state index contributed by atoms with van der Waals surface area (Å²) in [7, 11) is 0. The van der Waals surface area contributed by atoms with Gasteiger partial charge >= 0.3 is 0 Å². The molecule has 0 unspecified atom stereocenters. The van der Waals surface area contributed by atoms with Gasteiger partial charge in [-0.3, -0.25) is 4.79 Å². The molecule has 0 bridgehead atoms. The molecule has 0 amide bonds. The van der Waals surface area contributed by atoms with Gasteiger partial charge in [-0.2, -0.15) is 0 Å². The standard InChI is InChI=1S/C13H7N3OS2/c17-9-4-3-7-10-12(19-13(7)16-9)11(15-6-14-10)8-2-1-5-18-8/h1-6H,(H,16,17). The van der Waals surface area contributed by atoms with E-state index in [4.69, 9.17) is 0 Å². The molecule has 0 aliphatic carbocycles. The van der Waals surface area contributed by atoms with Gasteiger partial charge in [-0.25, -0.2) is 9.97 Å². The zero-order valence-electron chi connectivity index (χ0n) is 9.58. The van der Waals surface area contributed by atoms with Crippen LogP contribution in [0, 0.1) is 0 Å². The molecule has 19 heavy (non-hydrogen) atoms. The van der Waals surface area contributed by atoms with Crippen molar-refractivity contribution in [2.75, 3.05) is 0 Å². The normalized spacial score (nSPS) is 11.4. The van der Waals surface area contributed by atoms with E-state index >= 15 is 0 Å². The Balaban J connectivity index is 2.17. The van der Waals surface area contributed by atoms with E-state index in [0.717, 1.165) is 31.0 Å². The maximum absolute atomic E-state index is 11.4. The monoisotopic (exact) mass is 285 g/mol. The number of hydrogen-bond acceptors (Lipinski definition) is 5. The fourth-order valence-corrected chi connectivity index (χ4v) is 4.02. The molecule has 92 valence electrons. The van der Waals surface area contributed by atoms with Gasteiger partial charge in [0.2, 0.25) is 5.56 Å². The number of rotatable bonds is 1. The van der Waals surface area contributed by atoms with Crippen LogP contribution in [0.1, 0.15) is 0 Å². The topological polar surface area (TPSA) is 58.6 Å². The second-order valence-electron chi connectivity index (χ2n) is 4.04. The Morgan fingerprint density at radius 3 is 2.95 bits per heavy atom. The van der Waals surface area contributed by atoms with Crippen LogP contribution in [-0.4, -0.2) is 15.0 Å². The van der Waals surface area contributed by atoms with Gasteiger partial charge in [0.05, 0.1) is 15.1 Å². The predicted octanol–water partition coefficient (Wildman–Crippen LogP) is 3.26. The van der Waals surface area contributed by atoms with Gasteiger partial charge in [-0.15, -0.1) is 22.7 Å². The Morgan fingerprint density at radius 1 is 1.16 bits per heavy atom. The number of pyridine rings is 1. The molecule has 0 aromatic carbocycles. The summed E-state index contributed by atoms with van der Waals surface area (Å²) in [4.78, 5) is 24.9. The Labute approximate surface area is 115 Å². The third-order valence-corrected chi connectivity index (χ3v) is 4.89. The lowest BCUT2D eigenvalue weighted by Crippen LogP contribution is -2.00. The van der Waals surface area contributed by atoms with Crippen molar-refractivity contribution in [3.05, 3.63) is 46.3 Å². The number of H-pyrrole nitrogens is 1. The molecule has 0 atom stereocenters. The second kappa shape index (κ2) is 3.97. The molecule has 0 spiro atoms. The Hall–Kier alpha value is -2.05. The Kier molecular flexibility index (Phi) is 2.27. The molecule has 0 saturated carbocycles. The van der Waals surface area contributed by atoms with Crippen LogP contribution in [0.3, 0.4) is 0 Å². The third kappa shape index (κ3) is 1.61. The van der Waals surface area contributed by atoms with Crippen molar-refractivity contribution in [2.24, 2.45) is 0 Å². The molecule has 4 aromatic rings. The molecular formula is C13H7N3OS2. The van der Waals surface area contributed by atoms with E-state index in [9.17, 15) is 4.79 Å². The highest BCUT2D eigenvalue weighted by molar-refractivity contribution is 7.26. The van der Waals surface area contributed by atoms with Crippen LogP contribution >= 0.6 is 22.7 Å². The molecule has 4 aromatic heterocycles. The van der Waals surface area contributed by atoms with E-state index in [0.29, 0.717) is 0 Å². The molecule has 4 rings (SSSR count). The average molecular weight is 285 g/mol. The maximum Gasteiger partial charge on any atom is 0.249 e. The fourth-order valence-electron chi connectivity index (χ4n) is 2.08.